The summed E-state index contributed by atoms with van der Waals surface area (Å²) in [6.07, 6.45) is 4.10. The second kappa shape index (κ2) is 5.49. The van der Waals surface area contributed by atoms with Crippen LogP contribution in [-0.4, -0.2) is 16.2 Å². The van der Waals surface area contributed by atoms with Gasteiger partial charge in [-0.05, 0) is 25.3 Å². The lowest BCUT2D eigenvalue weighted by Crippen LogP contribution is -2.32. The molecule has 0 unspecified atom stereocenters. The average molecular weight is 300 g/mol. The zero-order valence-corrected chi connectivity index (χ0v) is 11.6. The van der Waals surface area contributed by atoms with E-state index in [2.05, 4.69) is 9.51 Å². The minimum absolute atomic E-state index is 0.214. The molecular formula is C11H13N2O6P-2. The topological polar surface area (TPSA) is 127 Å². The number of aromatic nitrogens is 2. The van der Waals surface area contributed by atoms with E-state index < -0.39 is 19.1 Å². The number of hydrogen-bond donors (Lipinski definition) is 1. The van der Waals surface area contributed by atoms with Gasteiger partial charge in [0.2, 0.25) is 0 Å². The maximum Gasteiger partial charge on any atom is 0.328 e. The van der Waals surface area contributed by atoms with E-state index in [1.54, 1.807) is 13.0 Å². The lowest BCUT2D eigenvalue weighted by atomic mass is 10.2. The summed E-state index contributed by atoms with van der Waals surface area (Å²) in [7, 11) is -4.99. The minimum atomic E-state index is -4.99. The van der Waals surface area contributed by atoms with E-state index in [0.717, 1.165) is 0 Å². The molecule has 0 amide bonds. The Morgan fingerprint density at radius 2 is 2.20 bits per heavy atom. The molecule has 0 spiro atoms. The molecule has 0 aromatic carbocycles. The van der Waals surface area contributed by atoms with Crippen molar-refractivity contribution in [2.45, 2.75) is 25.8 Å². The van der Waals surface area contributed by atoms with Gasteiger partial charge in [0.1, 0.15) is 0 Å². The van der Waals surface area contributed by atoms with Gasteiger partial charge in [-0.3, -0.25) is 14.3 Å². The van der Waals surface area contributed by atoms with Crippen LogP contribution in [-0.2, 0) is 9.09 Å². The summed E-state index contributed by atoms with van der Waals surface area (Å²) in [4.78, 5) is 46.0. The first-order chi connectivity index (χ1) is 9.26. The second-order valence-corrected chi connectivity index (χ2v) is 5.81. The molecule has 1 heterocycles. The second-order valence-electron chi connectivity index (χ2n) is 4.66. The summed E-state index contributed by atoms with van der Waals surface area (Å²) in [5, 5.41) is 0. The maximum absolute atomic E-state index is 11.7. The van der Waals surface area contributed by atoms with E-state index in [1.165, 1.54) is 10.8 Å². The number of rotatable bonds is 4. The Labute approximate surface area is 114 Å². The molecule has 0 bridgehead atoms. The third kappa shape index (κ3) is 3.55. The molecule has 0 fully saturated rings. The predicted molar refractivity (Wildman–Crippen MR) is 66.0 cm³/mol. The van der Waals surface area contributed by atoms with Gasteiger partial charge in [0, 0.05) is 17.8 Å². The van der Waals surface area contributed by atoms with Crippen molar-refractivity contribution in [3.63, 3.8) is 0 Å². The van der Waals surface area contributed by atoms with E-state index in [1.807, 2.05) is 0 Å². The fraction of sp³-hybridized carbons (Fsp3) is 0.455. The van der Waals surface area contributed by atoms with Gasteiger partial charge in [-0.25, -0.2) is 4.79 Å². The molecule has 110 valence electrons. The van der Waals surface area contributed by atoms with Gasteiger partial charge in [-0.2, -0.15) is 0 Å². The number of phosphoric acid groups is 1. The van der Waals surface area contributed by atoms with Crippen LogP contribution in [0, 0.1) is 6.92 Å². The lowest BCUT2D eigenvalue weighted by molar-refractivity contribution is -0.341. The normalized spacial score (nSPS) is 19.1. The van der Waals surface area contributed by atoms with Crippen molar-refractivity contribution in [2.75, 3.05) is 6.61 Å². The maximum atomic E-state index is 11.7. The van der Waals surface area contributed by atoms with Gasteiger partial charge in [-0.15, -0.1) is 0 Å². The van der Waals surface area contributed by atoms with Crippen LogP contribution in [0.4, 0.5) is 0 Å². The number of aromatic amines is 1. The van der Waals surface area contributed by atoms with Gasteiger partial charge in [0.15, 0.2) is 0 Å². The Kier molecular flexibility index (Phi) is 4.10. The monoisotopic (exact) mass is 300 g/mol. The van der Waals surface area contributed by atoms with Crippen LogP contribution in [0.15, 0.2) is 27.4 Å². The van der Waals surface area contributed by atoms with Gasteiger partial charge >= 0.3 is 5.69 Å². The fourth-order valence-corrected chi connectivity index (χ4v) is 2.45. The zero-order chi connectivity index (χ0) is 14.9. The number of allylic oxidation sites excluding steroid dienone is 1. The van der Waals surface area contributed by atoms with Crippen LogP contribution in [0.1, 0.15) is 24.4 Å². The summed E-state index contributed by atoms with van der Waals surface area (Å²) >= 11 is 0. The molecule has 0 saturated carbocycles. The summed E-state index contributed by atoms with van der Waals surface area (Å²) in [5.41, 5.74) is 0.106. The lowest BCUT2D eigenvalue weighted by Gasteiger charge is -2.28. The quantitative estimate of drug-likeness (QED) is 0.558. The largest absolute Gasteiger partial charge is 0.790 e. The molecule has 1 aliphatic carbocycles. The highest BCUT2D eigenvalue weighted by atomic mass is 31.2. The standard InChI is InChI=1S/C11H15N2O6P/c1-7-5-13(11(15)12-10(7)14)9-3-2-8(4-9)6-19-20(16,17)18/h2,5,9H,3-4,6H2,1H3,(H,12,14,15)(H2,16,17,18)/p-2/t9-/m0/s1. The summed E-state index contributed by atoms with van der Waals surface area (Å²) in [5.74, 6) is 0. The smallest absolute Gasteiger partial charge is 0.328 e. The van der Waals surface area contributed by atoms with E-state index in [0.29, 0.717) is 24.0 Å². The molecule has 1 N–H and O–H groups in total. The van der Waals surface area contributed by atoms with Crippen LogP contribution in [0.5, 0.6) is 0 Å². The molecule has 1 atom stereocenters. The van der Waals surface area contributed by atoms with Gasteiger partial charge in [0.05, 0.1) is 14.4 Å². The van der Waals surface area contributed by atoms with E-state index >= 15 is 0 Å². The van der Waals surface area contributed by atoms with Crippen LogP contribution >= 0.6 is 7.82 Å². The molecule has 9 heteroatoms. The Hall–Kier alpha value is -1.47. The van der Waals surface area contributed by atoms with Crippen molar-refractivity contribution in [3.05, 3.63) is 44.2 Å². The first-order valence-electron chi connectivity index (χ1n) is 5.93. The molecule has 1 aromatic heterocycles. The van der Waals surface area contributed by atoms with E-state index in [4.69, 9.17) is 0 Å². The van der Waals surface area contributed by atoms with Crippen molar-refractivity contribution in [2.24, 2.45) is 0 Å². The molecular weight excluding hydrogens is 287 g/mol. The molecule has 0 aliphatic heterocycles. The van der Waals surface area contributed by atoms with Gasteiger partial charge in [-0.1, -0.05) is 6.08 Å². The molecule has 1 aliphatic rings. The molecule has 2 rings (SSSR count). The van der Waals surface area contributed by atoms with Crippen LogP contribution in [0.25, 0.3) is 0 Å². The van der Waals surface area contributed by atoms with Crippen LogP contribution < -0.4 is 21.0 Å². The Morgan fingerprint density at radius 3 is 2.85 bits per heavy atom. The molecule has 0 saturated heterocycles. The van der Waals surface area contributed by atoms with Gasteiger partial charge < -0.3 is 18.9 Å². The fourth-order valence-electron chi connectivity index (χ4n) is 2.12. The Balaban J connectivity index is 2.09. The summed E-state index contributed by atoms with van der Waals surface area (Å²) in [6, 6.07) is -0.214. The number of H-pyrrole nitrogens is 1. The zero-order valence-electron chi connectivity index (χ0n) is 10.7. The Bertz CT molecular complexity index is 698. The number of phosphoric ester groups is 1. The third-order valence-corrected chi connectivity index (χ3v) is 3.57. The minimum Gasteiger partial charge on any atom is -0.790 e. The van der Waals surface area contributed by atoms with E-state index in [-0.39, 0.29) is 12.6 Å². The van der Waals surface area contributed by atoms with Crippen molar-refractivity contribution in [1.82, 2.24) is 9.55 Å². The predicted octanol–water partition coefficient (Wildman–Crippen LogP) is -1.05. The molecule has 8 nitrogen and oxygen atoms in total. The van der Waals surface area contributed by atoms with Crippen molar-refractivity contribution in [3.8, 4) is 0 Å². The molecule has 20 heavy (non-hydrogen) atoms. The van der Waals surface area contributed by atoms with Crippen LogP contribution in [0.2, 0.25) is 0 Å². The highest BCUT2D eigenvalue weighted by Crippen LogP contribution is 2.32. The SMILES string of the molecule is Cc1cn([C@H]2CC=C(COP(=O)([O-])[O-])C2)c(=O)[nH]c1=O. The number of nitrogens with one attached hydrogen (secondary N) is 1. The number of hydrogen-bond acceptors (Lipinski definition) is 6. The molecule has 0 radical (unpaired) electrons. The highest BCUT2D eigenvalue weighted by Gasteiger charge is 2.20. The summed E-state index contributed by atoms with van der Waals surface area (Å²) < 4.78 is 16.0. The van der Waals surface area contributed by atoms with Crippen molar-refractivity contribution in [1.29, 1.82) is 0 Å². The Morgan fingerprint density at radius 1 is 1.50 bits per heavy atom. The first-order valence-corrected chi connectivity index (χ1v) is 7.39. The number of aryl methyl sites for hydroxylation is 1. The van der Waals surface area contributed by atoms with Crippen LogP contribution in [0.3, 0.4) is 0 Å². The summed E-state index contributed by atoms with van der Waals surface area (Å²) in [6.45, 7) is 1.30. The average Bonchev–Trinajstić information content (AvgIpc) is 2.79. The van der Waals surface area contributed by atoms with E-state index in [9.17, 15) is 23.9 Å². The van der Waals surface area contributed by atoms with Crippen molar-refractivity contribution >= 4 is 7.82 Å². The first kappa shape index (κ1) is 14.9. The van der Waals surface area contributed by atoms with Crippen molar-refractivity contribution < 1.29 is 18.9 Å². The molecule has 1 aromatic rings. The highest BCUT2D eigenvalue weighted by molar-refractivity contribution is 7.43. The third-order valence-electron chi connectivity index (χ3n) is 3.12. The number of nitrogens with zero attached hydrogens (tertiary/aromatic N) is 1. The van der Waals surface area contributed by atoms with Gasteiger partial charge in [0.25, 0.3) is 5.56 Å².